The van der Waals surface area contributed by atoms with Crippen LogP contribution in [0.1, 0.15) is 13.3 Å². The second kappa shape index (κ2) is 16.3. The Kier molecular flexibility index (Phi) is 15.1. The van der Waals surface area contributed by atoms with E-state index in [0.29, 0.717) is 12.2 Å². The summed E-state index contributed by atoms with van der Waals surface area (Å²) in [7, 11) is 16.5. The largest absolute Gasteiger partial charge is 0.379 e. The minimum Gasteiger partial charge on any atom is -0.379 e. The third-order valence-electron chi connectivity index (χ3n) is 5.49. The maximum atomic E-state index is 5.38. The Morgan fingerprint density at radius 1 is 0.750 bits per heavy atom. The Bertz CT molecular complexity index is 438. The number of nitrogens with zero attached hydrogens (tertiary/aromatic N) is 6. The number of morpholine rings is 2. The monoisotopic (exact) mass is 460 g/mol. The van der Waals surface area contributed by atoms with Gasteiger partial charge in [-0.2, -0.15) is 0 Å². The summed E-state index contributed by atoms with van der Waals surface area (Å²) in [5.41, 5.74) is 0. The van der Waals surface area contributed by atoms with E-state index in [0.717, 1.165) is 58.8 Å². The number of rotatable bonds is 0. The molecule has 0 amide bonds. The van der Waals surface area contributed by atoms with Gasteiger partial charge in [-0.1, -0.05) is 0 Å². The maximum Gasteiger partial charge on any atom is 0.0781 e. The van der Waals surface area contributed by atoms with Crippen molar-refractivity contribution in [1.29, 1.82) is 0 Å². The van der Waals surface area contributed by atoms with E-state index in [1.165, 1.54) is 19.5 Å². The Labute approximate surface area is 198 Å². The van der Waals surface area contributed by atoms with Gasteiger partial charge in [0.25, 0.3) is 0 Å². The molecule has 6 saturated heterocycles. The van der Waals surface area contributed by atoms with Crippen molar-refractivity contribution in [2.45, 2.75) is 31.6 Å². The fraction of sp³-hybridized carbons (Fsp3) is 1.00. The van der Waals surface area contributed by atoms with Gasteiger partial charge >= 0.3 is 0 Å². The predicted molar refractivity (Wildman–Crippen MR) is 132 cm³/mol. The van der Waals surface area contributed by atoms with Crippen molar-refractivity contribution in [3.05, 3.63) is 0 Å². The van der Waals surface area contributed by atoms with Gasteiger partial charge in [0.05, 0.1) is 45.3 Å². The van der Waals surface area contributed by atoms with Crippen LogP contribution in [-0.4, -0.2) is 170 Å². The van der Waals surface area contributed by atoms with Gasteiger partial charge in [0, 0.05) is 52.9 Å². The molecule has 2 bridgehead atoms. The van der Waals surface area contributed by atoms with Gasteiger partial charge in [0.1, 0.15) is 0 Å². The minimum absolute atomic E-state index is 0.574. The highest BCUT2D eigenvalue weighted by Crippen LogP contribution is 2.25. The van der Waals surface area contributed by atoms with Crippen LogP contribution in [0.4, 0.5) is 0 Å². The van der Waals surface area contributed by atoms with Crippen molar-refractivity contribution in [1.82, 2.24) is 29.6 Å². The van der Waals surface area contributed by atoms with E-state index in [-0.39, 0.29) is 0 Å². The first kappa shape index (κ1) is 29.7. The Hall–Kier alpha value is -0.360. The van der Waals surface area contributed by atoms with Crippen molar-refractivity contribution >= 4 is 0 Å². The van der Waals surface area contributed by atoms with Crippen molar-refractivity contribution < 1.29 is 14.2 Å². The highest BCUT2D eigenvalue weighted by atomic mass is 16.6. The lowest BCUT2D eigenvalue weighted by Gasteiger charge is -2.21. The molecular formula is C23H52N6O3. The molecule has 0 aliphatic carbocycles. The van der Waals surface area contributed by atoms with Crippen LogP contribution in [0.5, 0.6) is 0 Å². The molecule has 192 valence electrons. The summed E-state index contributed by atoms with van der Waals surface area (Å²) in [4.78, 5) is 8.90. The molecule has 6 rings (SSSR count). The number of hydrogen-bond acceptors (Lipinski definition) is 9. The molecule has 5 atom stereocenters. The molecule has 0 aromatic heterocycles. The number of ether oxygens (including phenoxy) is 3. The molecule has 9 nitrogen and oxygen atoms in total. The molecule has 32 heavy (non-hydrogen) atoms. The van der Waals surface area contributed by atoms with Crippen LogP contribution in [0.25, 0.3) is 0 Å². The third kappa shape index (κ3) is 18.1. The molecular weight excluding hydrogens is 408 g/mol. The molecule has 0 spiro atoms. The summed E-state index contributed by atoms with van der Waals surface area (Å²) >= 11 is 0. The van der Waals surface area contributed by atoms with Gasteiger partial charge in [-0.05, 0) is 55.6 Å². The molecule has 3 unspecified atom stereocenters. The zero-order valence-corrected chi connectivity index (χ0v) is 22.4. The van der Waals surface area contributed by atoms with Gasteiger partial charge in [-0.25, -0.2) is 10.0 Å². The van der Waals surface area contributed by atoms with Crippen LogP contribution in [0.15, 0.2) is 0 Å². The Balaban J connectivity index is 0.000000197. The Morgan fingerprint density at radius 2 is 1.16 bits per heavy atom. The highest BCUT2D eigenvalue weighted by molar-refractivity contribution is 4.89. The summed E-state index contributed by atoms with van der Waals surface area (Å²) in [5.74, 6) is 0. The average Bonchev–Trinajstić information content (AvgIpc) is 3.69. The van der Waals surface area contributed by atoms with Crippen LogP contribution in [0.2, 0.25) is 0 Å². The lowest BCUT2D eigenvalue weighted by atomic mass is 10.2. The zero-order chi connectivity index (χ0) is 24.1. The van der Waals surface area contributed by atoms with Crippen molar-refractivity contribution in [2.75, 3.05) is 122 Å². The number of fused-ring (bicyclic) bond motifs is 2. The second-order valence-corrected chi connectivity index (χ2v) is 9.95. The van der Waals surface area contributed by atoms with Gasteiger partial charge in [-0.3, -0.25) is 4.90 Å². The first-order valence-corrected chi connectivity index (χ1v) is 12.0. The first-order chi connectivity index (χ1) is 15.1. The van der Waals surface area contributed by atoms with Crippen molar-refractivity contribution in [3.63, 3.8) is 0 Å². The van der Waals surface area contributed by atoms with Crippen LogP contribution >= 0.6 is 0 Å². The molecule has 9 heteroatoms. The molecule has 6 fully saturated rings. The molecule has 6 aliphatic heterocycles. The molecule has 0 aromatic rings. The molecule has 6 aliphatic rings. The quantitative estimate of drug-likeness (QED) is 0.475. The SMILES string of the molecule is CC1CO1.CN(C)C.CN1CC1.CN1CCOCC1.CN1CN1C.CN1C[C@@H]2C[C@H]1CO2. The highest BCUT2D eigenvalue weighted by Gasteiger charge is 2.36. The van der Waals surface area contributed by atoms with Crippen molar-refractivity contribution in [2.24, 2.45) is 0 Å². The normalized spacial score (nSPS) is 34.1. The summed E-state index contributed by atoms with van der Waals surface area (Å²) in [6.45, 7) is 13.0. The number of hydrazine groups is 1. The van der Waals surface area contributed by atoms with Crippen LogP contribution in [0.3, 0.4) is 0 Å². The zero-order valence-electron chi connectivity index (χ0n) is 22.4. The van der Waals surface area contributed by atoms with Crippen LogP contribution < -0.4 is 0 Å². The van der Waals surface area contributed by atoms with E-state index in [1.807, 2.05) is 26.0 Å². The smallest absolute Gasteiger partial charge is 0.0781 e. The predicted octanol–water partition coefficient (Wildman–Crippen LogP) is 0.289. The standard InChI is InChI=1S/C6H11NO.C5H11NO.C3H8N2.C3H7N.C3H9N.C3H6O/c1-7-3-6-2-5(7)4-8-6;1-6-2-4-7-5-3-6;1-4-3-5(4)2;1-4-2-3-4;1-4(2)3;1-3-2-4-3/h5-6H,2-4H2,1H3;2-5H2,1H3;3H2,1-2H3;2-3H2,1H3;1-3H3;3H,2H2,1H3/t5-,6-;;;;;/m0...../s1. The van der Waals surface area contributed by atoms with Gasteiger partial charge < -0.3 is 28.9 Å². The molecule has 0 N–H and O–H groups in total. The van der Waals surface area contributed by atoms with E-state index in [2.05, 4.69) is 66.9 Å². The minimum atomic E-state index is 0.574. The molecule has 0 aromatic carbocycles. The van der Waals surface area contributed by atoms with E-state index >= 15 is 0 Å². The van der Waals surface area contributed by atoms with Crippen molar-refractivity contribution in [3.8, 4) is 0 Å². The van der Waals surface area contributed by atoms with Gasteiger partial charge in [-0.15, -0.1) is 0 Å². The summed E-state index contributed by atoms with van der Waals surface area (Å²) in [6.07, 6.45) is 2.43. The topological polar surface area (TPSA) is 49.7 Å². The fourth-order valence-electron chi connectivity index (χ4n) is 2.71. The Morgan fingerprint density at radius 3 is 1.28 bits per heavy atom. The number of hydrogen-bond donors (Lipinski definition) is 0. The second-order valence-electron chi connectivity index (χ2n) is 9.95. The number of likely N-dealkylation sites (tertiary alicyclic amines) is 1. The lowest BCUT2D eigenvalue weighted by molar-refractivity contribution is 0.0416. The van der Waals surface area contributed by atoms with Crippen LogP contribution in [0, 0.1) is 0 Å². The average molecular weight is 461 g/mol. The van der Waals surface area contributed by atoms with Crippen LogP contribution in [-0.2, 0) is 14.2 Å². The van der Waals surface area contributed by atoms with Gasteiger partial charge in [0.2, 0.25) is 0 Å². The number of likely N-dealkylation sites (N-methyl/N-ethyl adjacent to an activating group) is 3. The summed E-state index contributed by atoms with van der Waals surface area (Å²) in [6, 6.07) is 0.750. The fourth-order valence-corrected chi connectivity index (χ4v) is 2.71. The summed E-state index contributed by atoms with van der Waals surface area (Å²) in [5, 5.41) is 4.25. The first-order valence-electron chi connectivity index (χ1n) is 12.0. The molecule has 6 heterocycles. The molecule has 0 saturated carbocycles. The third-order valence-corrected chi connectivity index (χ3v) is 5.49. The summed E-state index contributed by atoms with van der Waals surface area (Å²) < 4.78 is 15.2. The maximum absolute atomic E-state index is 5.38. The molecule has 0 radical (unpaired) electrons. The lowest BCUT2D eigenvalue weighted by Crippen LogP contribution is -2.33. The van der Waals surface area contributed by atoms with Gasteiger partial charge in [0.15, 0.2) is 0 Å². The van der Waals surface area contributed by atoms with E-state index < -0.39 is 0 Å². The number of epoxide rings is 1. The van der Waals surface area contributed by atoms with E-state index in [9.17, 15) is 0 Å². The van der Waals surface area contributed by atoms with E-state index in [4.69, 9.17) is 14.2 Å². The van der Waals surface area contributed by atoms with E-state index in [1.54, 1.807) is 0 Å².